The molecule has 0 saturated heterocycles. The Morgan fingerprint density at radius 3 is 2.63 bits per heavy atom. The van der Waals surface area contributed by atoms with Crippen molar-refractivity contribution in [3.05, 3.63) is 23.8 Å². The number of hydrogen-bond donors (Lipinski definition) is 3. The molecule has 0 atom stereocenters. The quantitative estimate of drug-likeness (QED) is 0.577. The van der Waals surface area contributed by atoms with Crippen molar-refractivity contribution < 1.29 is 19.5 Å². The van der Waals surface area contributed by atoms with Crippen molar-refractivity contribution in [2.75, 3.05) is 12.4 Å². The lowest BCUT2D eigenvalue weighted by atomic mass is 10.1. The average Bonchev–Trinajstić information content (AvgIpc) is 2.27. The second-order valence-corrected chi connectivity index (χ2v) is 4.96. The van der Waals surface area contributed by atoms with Crippen LogP contribution in [0.25, 0.3) is 0 Å². The van der Waals surface area contributed by atoms with Crippen LogP contribution in [0, 0.1) is 0 Å². The van der Waals surface area contributed by atoms with E-state index in [9.17, 15) is 9.90 Å². The number of nitrogens with one attached hydrogen (secondary N) is 2. The van der Waals surface area contributed by atoms with Crippen LogP contribution < -0.4 is 10.8 Å². The normalized spacial score (nSPS) is 11.2. The highest BCUT2D eigenvalue weighted by Crippen LogP contribution is 2.27. The summed E-state index contributed by atoms with van der Waals surface area (Å²) in [7, 11) is 1.49. The topological polar surface area (TPSA) is 79.8 Å². The monoisotopic (exact) mass is 268 g/mol. The Labute approximate surface area is 112 Å². The van der Waals surface area contributed by atoms with Gasteiger partial charge >= 0.3 is 6.09 Å². The molecule has 0 aliphatic carbocycles. The first-order valence-electron chi connectivity index (χ1n) is 5.90. The number of benzene rings is 1. The smallest absolute Gasteiger partial charge is 0.412 e. The molecule has 0 aromatic heterocycles. The molecular formula is C13H20N2O4. The fraction of sp³-hybridized carbons (Fsp3) is 0.462. The number of amides is 1. The summed E-state index contributed by atoms with van der Waals surface area (Å²) in [5, 5.41) is 12.3. The first-order valence-corrected chi connectivity index (χ1v) is 5.90. The lowest BCUT2D eigenvalue weighted by Crippen LogP contribution is -2.27. The maximum Gasteiger partial charge on any atom is 0.412 e. The second kappa shape index (κ2) is 6.40. The van der Waals surface area contributed by atoms with Gasteiger partial charge in [0, 0.05) is 6.54 Å². The first kappa shape index (κ1) is 15.3. The van der Waals surface area contributed by atoms with Crippen LogP contribution >= 0.6 is 0 Å². The number of phenols is 1. The number of para-hydroxylation sites is 1. The highest BCUT2D eigenvalue weighted by atomic mass is 16.6. The van der Waals surface area contributed by atoms with E-state index in [2.05, 4.69) is 10.8 Å². The van der Waals surface area contributed by atoms with E-state index in [1.165, 1.54) is 13.2 Å². The van der Waals surface area contributed by atoms with E-state index in [-0.39, 0.29) is 5.75 Å². The zero-order valence-corrected chi connectivity index (χ0v) is 11.6. The summed E-state index contributed by atoms with van der Waals surface area (Å²) < 4.78 is 5.14. The Morgan fingerprint density at radius 1 is 1.37 bits per heavy atom. The molecule has 19 heavy (non-hydrogen) atoms. The standard InChI is InChI=1S/C13H20N2O4/c1-13(2,3)19-12(17)15-11-9(8-14-18-4)6-5-7-10(11)16/h5-7,14,16H,8H2,1-4H3,(H,15,17). The SMILES string of the molecule is CONCc1cccc(O)c1NC(=O)OC(C)(C)C. The van der Waals surface area contributed by atoms with Crippen molar-refractivity contribution in [1.82, 2.24) is 5.48 Å². The summed E-state index contributed by atoms with van der Waals surface area (Å²) in [4.78, 5) is 16.5. The van der Waals surface area contributed by atoms with Gasteiger partial charge in [-0.2, -0.15) is 5.48 Å². The third kappa shape index (κ3) is 5.15. The predicted molar refractivity (Wildman–Crippen MR) is 71.8 cm³/mol. The fourth-order valence-corrected chi connectivity index (χ4v) is 1.43. The van der Waals surface area contributed by atoms with Crippen molar-refractivity contribution in [2.24, 2.45) is 0 Å². The van der Waals surface area contributed by atoms with Crippen molar-refractivity contribution in [3.63, 3.8) is 0 Å². The minimum absolute atomic E-state index is 0.0266. The zero-order valence-electron chi connectivity index (χ0n) is 11.6. The third-order valence-corrected chi connectivity index (χ3v) is 2.16. The molecule has 0 aliphatic heterocycles. The summed E-state index contributed by atoms with van der Waals surface area (Å²) in [5.41, 5.74) is 3.05. The second-order valence-electron chi connectivity index (χ2n) is 4.96. The molecule has 6 nitrogen and oxygen atoms in total. The van der Waals surface area contributed by atoms with Crippen LogP contribution in [-0.4, -0.2) is 23.9 Å². The fourth-order valence-electron chi connectivity index (χ4n) is 1.43. The Hall–Kier alpha value is -1.79. The van der Waals surface area contributed by atoms with Crippen LogP contribution in [0.1, 0.15) is 26.3 Å². The number of carbonyl (C=O) groups excluding carboxylic acids is 1. The molecule has 3 N–H and O–H groups in total. The van der Waals surface area contributed by atoms with Gasteiger partial charge in [-0.1, -0.05) is 12.1 Å². The van der Waals surface area contributed by atoms with Gasteiger partial charge in [-0.05, 0) is 32.4 Å². The Balaban J connectivity index is 2.84. The first-order chi connectivity index (χ1) is 8.83. The van der Waals surface area contributed by atoms with E-state index in [0.29, 0.717) is 17.8 Å². The lowest BCUT2D eigenvalue weighted by molar-refractivity contribution is 0.0634. The van der Waals surface area contributed by atoms with Gasteiger partial charge in [-0.3, -0.25) is 5.32 Å². The van der Waals surface area contributed by atoms with Crippen LogP contribution in [-0.2, 0) is 16.1 Å². The van der Waals surface area contributed by atoms with Gasteiger partial charge in [-0.25, -0.2) is 4.79 Å². The highest BCUT2D eigenvalue weighted by Gasteiger charge is 2.18. The summed E-state index contributed by atoms with van der Waals surface area (Å²) >= 11 is 0. The minimum Gasteiger partial charge on any atom is -0.506 e. The summed E-state index contributed by atoms with van der Waals surface area (Å²) in [6.07, 6.45) is -0.618. The maximum absolute atomic E-state index is 11.7. The largest absolute Gasteiger partial charge is 0.506 e. The molecule has 1 aromatic carbocycles. The van der Waals surface area contributed by atoms with Crippen LogP contribution in [0.4, 0.5) is 10.5 Å². The number of aromatic hydroxyl groups is 1. The van der Waals surface area contributed by atoms with Crippen LogP contribution in [0.15, 0.2) is 18.2 Å². The molecule has 106 valence electrons. The minimum atomic E-state index is -0.618. The van der Waals surface area contributed by atoms with Crippen molar-refractivity contribution >= 4 is 11.8 Å². The zero-order chi connectivity index (χ0) is 14.5. The van der Waals surface area contributed by atoms with E-state index in [0.717, 1.165) is 0 Å². The molecule has 0 heterocycles. The van der Waals surface area contributed by atoms with Gasteiger partial charge in [0.2, 0.25) is 0 Å². The molecule has 1 aromatic rings. The molecule has 0 aliphatic rings. The molecule has 0 saturated carbocycles. The van der Waals surface area contributed by atoms with Gasteiger partial charge in [0.05, 0.1) is 12.8 Å². The average molecular weight is 268 g/mol. The Kier molecular flexibility index (Phi) is 5.14. The number of ether oxygens (including phenoxy) is 1. The molecule has 0 radical (unpaired) electrons. The highest BCUT2D eigenvalue weighted by molar-refractivity contribution is 5.88. The number of hydrogen-bond acceptors (Lipinski definition) is 5. The Morgan fingerprint density at radius 2 is 2.05 bits per heavy atom. The van der Waals surface area contributed by atoms with E-state index in [1.807, 2.05) is 0 Å². The molecule has 0 spiro atoms. The summed E-state index contributed by atoms with van der Waals surface area (Å²) in [6.45, 7) is 5.65. The summed E-state index contributed by atoms with van der Waals surface area (Å²) in [6, 6.07) is 4.93. The Bertz CT molecular complexity index is 441. The number of hydroxylamine groups is 1. The number of rotatable bonds is 4. The maximum atomic E-state index is 11.7. The van der Waals surface area contributed by atoms with E-state index in [4.69, 9.17) is 9.57 Å². The number of carbonyl (C=O) groups is 1. The summed E-state index contributed by atoms with van der Waals surface area (Å²) in [5.74, 6) is -0.0266. The van der Waals surface area contributed by atoms with E-state index >= 15 is 0 Å². The van der Waals surface area contributed by atoms with Crippen LogP contribution in [0.3, 0.4) is 0 Å². The molecule has 1 amide bonds. The van der Waals surface area contributed by atoms with Crippen molar-refractivity contribution in [1.29, 1.82) is 0 Å². The van der Waals surface area contributed by atoms with Crippen molar-refractivity contribution in [2.45, 2.75) is 32.9 Å². The third-order valence-electron chi connectivity index (χ3n) is 2.16. The van der Waals surface area contributed by atoms with Crippen LogP contribution in [0.2, 0.25) is 0 Å². The van der Waals surface area contributed by atoms with Gasteiger partial charge in [0.1, 0.15) is 11.4 Å². The van der Waals surface area contributed by atoms with E-state index in [1.54, 1.807) is 32.9 Å². The molecular weight excluding hydrogens is 248 g/mol. The molecule has 0 bridgehead atoms. The van der Waals surface area contributed by atoms with E-state index < -0.39 is 11.7 Å². The lowest BCUT2D eigenvalue weighted by Gasteiger charge is -2.20. The molecule has 1 rings (SSSR count). The van der Waals surface area contributed by atoms with Gasteiger partial charge in [0.25, 0.3) is 0 Å². The van der Waals surface area contributed by atoms with Crippen molar-refractivity contribution in [3.8, 4) is 5.75 Å². The number of anilines is 1. The molecule has 0 fully saturated rings. The predicted octanol–water partition coefficient (Wildman–Crippen LogP) is 2.39. The molecule has 6 heteroatoms. The van der Waals surface area contributed by atoms with Gasteiger partial charge in [-0.15, -0.1) is 0 Å². The molecule has 0 unspecified atom stereocenters. The van der Waals surface area contributed by atoms with Crippen LogP contribution in [0.5, 0.6) is 5.75 Å². The van der Waals surface area contributed by atoms with Gasteiger partial charge in [0.15, 0.2) is 0 Å². The van der Waals surface area contributed by atoms with Gasteiger partial charge < -0.3 is 14.7 Å². The number of phenolic OH excluding ortho intramolecular Hbond substituents is 1.